The summed E-state index contributed by atoms with van der Waals surface area (Å²) in [5.41, 5.74) is 10.4. The Kier molecular flexibility index (Phi) is 19.4. The van der Waals surface area contributed by atoms with Crippen LogP contribution in [0.5, 0.6) is 23.0 Å². The number of benzene rings is 4. The number of ether oxygens (including phenoxy) is 5. The summed E-state index contributed by atoms with van der Waals surface area (Å²) < 4.78 is 31.0. The van der Waals surface area contributed by atoms with Crippen molar-refractivity contribution in [2.45, 2.75) is 130 Å². The number of carbonyl (C=O) groups is 1. The molecule has 0 aliphatic heterocycles. The standard InChI is InChI=1S/C50H64N4O12/c1-5-18-63-48-36-22-34-26-42(51)27-35(47(34)66-21-16-14-12-10-9-11-13-15-17-46(55)62-8-4)23-37-29-44(53(58)59)31-39(49(37)64-19-6-2)25-41-33-45(54(60)61)32-40(50(41)65-20-7-3)24-38(48)30-43(28-36)52(56)57/h26-33H,5-25,51H2,1-4H3. The second-order valence-electron chi connectivity index (χ2n) is 16.7. The van der Waals surface area contributed by atoms with Crippen LogP contribution < -0.4 is 24.7 Å². The molecule has 66 heavy (non-hydrogen) atoms. The number of carbonyl (C=O) groups excluding carboxylic acids is 1. The molecule has 0 aromatic heterocycles. The maximum absolute atomic E-state index is 12.6. The summed E-state index contributed by atoms with van der Waals surface area (Å²) in [6, 6.07) is 12.2. The minimum atomic E-state index is -0.507. The first-order valence-corrected chi connectivity index (χ1v) is 23.4. The average Bonchev–Trinajstić information content (AvgIpc) is 3.27. The Balaban J connectivity index is 1.65. The molecule has 8 bridgehead atoms. The number of unbranched alkanes of at least 4 members (excludes halogenated alkanes) is 7. The van der Waals surface area contributed by atoms with E-state index in [0.717, 1.165) is 51.4 Å². The third-order valence-electron chi connectivity index (χ3n) is 11.3. The van der Waals surface area contributed by atoms with Gasteiger partial charge in [0.1, 0.15) is 23.0 Å². The lowest BCUT2D eigenvalue weighted by Crippen LogP contribution is -2.11. The minimum Gasteiger partial charge on any atom is -0.493 e. The van der Waals surface area contributed by atoms with Crippen LogP contribution in [0.2, 0.25) is 0 Å². The van der Waals surface area contributed by atoms with E-state index in [4.69, 9.17) is 29.4 Å². The van der Waals surface area contributed by atoms with Gasteiger partial charge in [-0.2, -0.15) is 0 Å². The molecule has 0 saturated carbocycles. The van der Waals surface area contributed by atoms with Crippen LogP contribution in [-0.2, 0) is 35.2 Å². The summed E-state index contributed by atoms with van der Waals surface area (Å²) in [5, 5.41) is 37.8. The van der Waals surface area contributed by atoms with Crippen molar-refractivity contribution in [3.8, 4) is 23.0 Å². The van der Waals surface area contributed by atoms with Crippen molar-refractivity contribution < 1.29 is 43.2 Å². The molecule has 0 heterocycles. The van der Waals surface area contributed by atoms with Gasteiger partial charge in [0.25, 0.3) is 17.1 Å². The SMILES string of the molecule is CCCOc1c2cc([N+](=O)[O-])cc1Cc1cc([N+](=O)[O-])cc(c1OCCC)Cc1cc(N)cc(c1OCCCCCCCCCCC(=O)OCC)Cc1cc([N+](=O)[O-])cc(c1OCCC)C2. The van der Waals surface area contributed by atoms with E-state index in [1.165, 1.54) is 36.4 Å². The molecule has 5 rings (SSSR count). The van der Waals surface area contributed by atoms with Gasteiger partial charge in [0, 0.05) is 119 Å². The van der Waals surface area contributed by atoms with E-state index in [1.807, 2.05) is 20.8 Å². The van der Waals surface area contributed by atoms with Crippen LogP contribution in [0, 0.1) is 30.3 Å². The zero-order chi connectivity index (χ0) is 47.6. The van der Waals surface area contributed by atoms with Crippen LogP contribution >= 0.6 is 0 Å². The average molecular weight is 913 g/mol. The highest BCUT2D eigenvalue weighted by Gasteiger charge is 2.28. The first-order valence-electron chi connectivity index (χ1n) is 23.4. The lowest BCUT2D eigenvalue weighted by Gasteiger charge is -2.23. The number of nitrogen functional groups attached to an aromatic ring is 1. The summed E-state index contributed by atoms with van der Waals surface area (Å²) in [7, 11) is 0. The fraction of sp³-hybridized carbons (Fsp3) is 0.500. The van der Waals surface area contributed by atoms with Crippen LogP contribution in [0.3, 0.4) is 0 Å². The van der Waals surface area contributed by atoms with Crippen LogP contribution in [-0.4, -0.2) is 53.8 Å². The highest BCUT2D eigenvalue weighted by Crippen LogP contribution is 2.43. The number of nitro benzene ring substituents is 3. The number of nitrogens with zero attached hydrogens (tertiary/aromatic N) is 3. The van der Waals surface area contributed by atoms with Crippen LogP contribution in [0.25, 0.3) is 0 Å². The molecule has 2 N–H and O–H groups in total. The fourth-order valence-electron chi connectivity index (χ4n) is 8.37. The van der Waals surface area contributed by atoms with Gasteiger partial charge in [-0.1, -0.05) is 59.3 Å². The number of anilines is 1. The molecule has 16 heteroatoms. The van der Waals surface area contributed by atoms with Crippen molar-refractivity contribution in [1.29, 1.82) is 0 Å². The van der Waals surface area contributed by atoms with Crippen LogP contribution in [0.4, 0.5) is 22.7 Å². The zero-order valence-electron chi connectivity index (χ0n) is 38.8. The number of non-ortho nitro benzene ring substituents is 3. The number of hydrogen-bond donors (Lipinski definition) is 1. The van der Waals surface area contributed by atoms with E-state index in [9.17, 15) is 35.1 Å². The predicted octanol–water partition coefficient (Wildman–Crippen LogP) is 11.5. The molecular weight excluding hydrogens is 849 g/mol. The Labute approximate surface area is 386 Å². The molecule has 0 atom stereocenters. The molecule has 4 aromatic carbocycles. The molecule has 0 spiro atoms. The molecule has 0 radical (unpaired) electrons. The molecule has 0 unspecified atom stereocenters. The summed E-state index contributed by atoms with van der Waals surface area (Å²) in [4.78, 5) is 48.0. The second-order valence-corrected chi connectivity index (χ2v) is 16.7. The van der Waals surface area contributed by atoms with E-state index in [1.54, 1.807) is 19.1 Å². The number of nitro groups is 3. The number of rotatable bonds is 25. The zero-order valence-corrected chi connectivity index (χ0v) is 38.8. The molecule has 16 nitrogen and oxygen atoms in total. The number of fused-ring (bicyclic) bond motifs is 8. The summed E-state index contributed by atoms with van der Waals surface area (Å²) in [5.74, 6) is 1.53. The fourth-order valence-corrected chi connectivity index (χ4v) is 8.37. The van der Waals surface area contributed by atoms with Gasteiger partial charge in [0.05, 0.1) is 47.8 Å². The normalized spacial score (nSPS) is 12.0. The van der Waals surface area contributed by atoms with Gasteiger partial charge in [-0.3, -0.25) is 35.1 Å². The van der Waals surface area contributed by atoms with Gasteiger partial charge >= 0.3 is 5.97 Å². The molecule has 356 valence electrons. The predicted molar refractivity (Wildman–Crippen MR) is 252 cm³/mol. The van der Waals surface area contributed by atoms with Crippen molar-refractivity contribution in [3.05, 3.63) is 123 Å². The van der Waals surface area contributed by atoms with Crippen molar-refractivity contribution in [1.82, 2.24) is 0 Å². The summed E-state index contributed by atoms with van der Waals surface area (Å²) in [6.07, 6.45) is 10.1. The topological polar surface area (TPSA) is 219 Å². The first kappa shape index (κ1) is 50.5. The van der Waals surface area contributed by atoms with Gasteiger partial charge in [-0.05, 0) is 51.2 Å². The summed E-state index contributed by atoms with van der Waals surface area (Å²) >= 11 is 0. The minimum absolute atomic E-state index is 0.0278. The van der Waals surface area contributed by atoms with E-state index >= 15 is 0 Å². The quantitative estimate of drug-likeness (QED) is 0.0190. The summed E-state index contributed by atoms with van der Waals surface area (Å²) in [6.45, 7) is 9.25. The van der Waals surface area contributed by atoms with Gasteiger partial charge in [-0.25, -0.2) is 0 Å². The van der Waals surface area contributed by atoms with Crippen molar-refractivity contribution in [2.24, 2.45) is 0 Å². The van der Waals surface area contributed by atoms with Gasteiger partial charge in [-0.15, -0.1) is 0 Å². The highest BCUT2D eigenvalue weighted by molar-refractivity contribution is 5.69. The molecular formula is C50H64N4O12. The third kappa shape index (κ3) is 14.0. The Hall–Kier alpha value is -6.45. The molecule has 0 saturated heterocycles. The Morgan fingerprint density at radius 3 is 1.06 bits per heavy atom. The number of esters is 1. The maximum Gasteiger partial charge on any atom is 0.305 e. The number of hydrogen-bond acceptors (Lipinski definition) is 13. The van der Waals surface area contributed by atoms with Crippen LogP contribution in [0.1, 0.15) is 149 Å². The van der Waals surface area contributed by atoms with Gasteiger partial charge in [0.15, 0.2) is 0 Å². The Morgan fingerprint density at radius 2 is 0.758 bits per heavy atom. The smallest absolute Gasteiger partial charge is 0.305 e. The van der Waals surface area contributed by atoms with E-state index in [0.29, 0.717) is 125 Å². The Morgan fingerprint density at radius 1 is 0.470 bits per heavy atom. The van der Waals surface area contributed by atoms with Crippen molar-refractivity contribution in [3.63, 3.8) is 0 Å². The molecule has 4 aromatic rings. The van der Waals surface area contributed by atoms with Gasteiger partial charge < -0.3 is 29.4 Å². The lowest BCUT2D eigenvalue weighted by atomic mass is 9.90. The second kappa shape index (κ2) is 25.3. The van der Waals surface area contributed by atoms with Crippen molar-refractivity contribution in [2.75, 3.05) is 38.8 Å². The van der Waals surface area contributed by atoms with E-state index in [2.05, 4.69) is 0 Å². The van der Waals surface area contributed by atoms with Crippen molar-refractivity contribution >= 4 is 28.7 Å². The van der Waals surface area contributed by atoms with Crippen LogP contribution in [0.15, 0.2) is 48.5 Å². The lowest BCUT2D eigenvalue weighted by molar-refractivity contribution is -0.385. The largest absolute Gasteiger partial charge is 0.493 e. The molecule has 0 fully saturated rings. The molecule has 0 amide bonds. The van der Waals surface area contributed by atoms with Gasteiger partial charge in [0.2, 0.25) is 0 Å². The monoisotopic (exact) mass is 912 g/mol. The van der Waals surface area contributed by atoms with E-state index < -0.39 is 14.8 Å². The maximum atomic E-state index is 12.6. The Bertz CT molecular complexity index is 2210. The first-order chi connectivity index (χ1) is 31.9. The molecule has 1 aliphatic carbocycles. The highest BCUT2D eigenvalue weighted by atomic mass is 16.6. The molecule has 1 aliphatic rings. The third-order valence-corrected chi connectivity index (χ3v) is 11.3. The number of nitrogens with two attached hydrogens (primary N) is 1. The van der Waals surface area contributed by atoms with E-state index in [-0.39, 0.29) is 55.3 Å².